The van der Waals surface area contributed by atoms with Crippen LogP contribution < -0.4 is 30.4 Å². The maximum atomic E-state index is 13.4. The molecule has 0 unspecified atom stereocenters. The first-order chi connectivity index (χ1) is 38.3. The smallest absolute Gasteiger partial charge is 0.453 e. The minimum absolute atomic E-state index is 0.0890. The van der Waals surface area contributed by atoms with Crippen molar-refractivity contribution in [1.29, 1.82) is 0 Å². The molecule has 0 atom stereocenters. The second-order valence-corrected chi connectivity index (χ2v) is 18.5. The van der Waals surface area contributed by atoms with Gasteiger partial charge in [-0.1, -0.05) is 48.5 Å². The maximum absolute atomic E-state index is 13.4. The van der Waals surface area contributed by atoms with Gasteiger partial charge in [-0.25, -0.2) is 19.2 Å². The van der Waals surface area contributed by atoms with Gasteiger partial charge in [0.1, 0.15) is 36.2 Å². The van der Waals surface area contributed by atoms with Gasteiger partial charge in [-0.3, -0.25) is 0 Å². The molecule has 0 amide bonds. The predicted molar refractivity (Wildman–Crippen MR) is 279 cm³/mol. The van der Waals surface area contributed by atoms with Crippen molar-refractivity contribution < 1.29 is 91.5 Å². The average Bonchev–Trinajstić information content (AvgIpc) is 3.45. The number of hydrogen-bond acceptors (Lipinski definition) is 12. The number of rotatable bonds is 26. The zero-order chi connectivity index (χ0) is 58.9. The molecule has 0 aliphatic carbocycles. The molecular weight excluding hydrogens is 1090 g/mol. The molecule has 0 aromatic heterocycles. The Morgan fingerprint density at radius 2 is 0.741 bits per heavy atom. The van der Waals surface area contributed by atoms with E-state index in [0.29, 0.717) is 22.5 Å². The van der Waals surface area contributed by atoms with Crippen LogP contribution in [0.25, 0.3) is 12.2 Å². The van der Waals surface area contributed by atoms with Crippen LogP contribution in [0, 0.1) is 5.41 Å². The van der Waals surface area contributed by atoms with Crippen LogP contribution in [-0.2, 0) is 31.9 Å². The van der Waals surface area contributed by atoms with Crippen molar-refractivity contribution in [2.75, 3.05) is 37.9 Å². The van der Waals surface area contributed by atoms with Gasteiger partial charge in [-0.2, -0.15) is 43.9 Å². The van der Waals surface area contributed by atoms with Crippen molar-refractivity contribution in [3.8, 4) is 23.0 Å². The summed E-state index contributed by atoms with van der Waals surface area (Å²) in [4.78, 5) is 52.3. The molecule has 428 valence electrons. The van der Waals surface area contributed by atoms with Crippen molar-refractivity contribution in [2.45, 2.75) is 62.7 Å². The Labute approximate surface area is 457 Å². The summed E-state index contributed by atoms with van der Waals surface area (Å²) in [7, 11) is 0. The number of carbonyl (C=O) groups excluding carboxylic acids is 4. The molecule has 0 saturated carbocycles. The molecule has 6 aromatic rings. The van der Waals surface area contributed by atoms with E-state index in [4.69, 9.17) is 39.9 Å². The number of hydrogen-bond donors (Lipinski definition) is 2. The molecule has 22 heteroatoms. The number of benzene rings is 6. The normalized spacial score (nSPS) is 12.3. The van der Waals surface area contributed by atoms with Crippen LogP contribution in [0.3, 0.4) is 0 Å². The number of nitrogens with two attached hydrogens (primary N) is 2. The Morgan fingerprint density at radius 3 is 1.06 bits per heavy atom. The standard InChI is InChI=1S/C59H52F10N2O10/c60-56(61,58(64,65)66)31-1-33-76-47-25-13-43(14-26-47)53(74)80-49-21-7-39(8-22-49)11-29-51(72)78-37-55(35-41-3-17-45(70)18-4-41,36-42-5-19-46(71)20-6-42)38-79-52(73)30-12-40-9-23-50(24-10-40)81-54(75)44-15-27-48(28-16-44)77-34-2-32-57(62,63)59(67,68)69/h3-30H,1-2,31-38,70-71H2/b29-11+,30-12+. The third-order valence-electron chi connectivity index (χ3n) is 12.0. The molecule has 0 spiro atoms. The van der Waals surface area contributed by atoms with E-state index in [1.165, 1.54) is 97.1 Å². The molecule has 0 aliphatic heterocycles. The number of carbonyl (C=O) groups is 4. The number of anilines is 2. The maximum Gasteiger partial charge on any atom is 0.453 e. The highest BCUT2D eigenvalue weighted by Gasteiger charge is 2.57. The number of esters is 4. The van der Waals surface area contributed by atoms with Crippen molar-refractivity contribution in [3.05, 3.63) is 191 Å². The largest absolute Gasteiger partial charge is 0.494 e. The molecular formula is C59H52F10N2O10. The molecule has 12 nitrogen and oxygen atoms in total. The van der Waals surface area contributed by atoms with E-state index in [-0.39, 0.29) is 60.2 Å². The molecule has 0 radical (unpaired) electrons. The van der Waals surface area contributed by atoms with Gasteiger partial charge >= 0.3 is 48.1 Å². The first-order valence-corrected chi connectivity index (χ1v) is 24.6. The van der Waals surface area contributed by atoms with Gasteiger partial charge in [0.15, 0.2) is 0 Å². The molecule has 0 saturated heterocycles. The van der Waals surface area contributed by atoms with E-state index < -0.39 is 92.4 Å². The fraction of sp³-hybridized carbons (Fsp3) is 0.254. The average molecular weight is 1140 g/mol. The summed E-state index contributed by atoms with van der Waals surface area (Å²) in [5.41, 5.74) is 14.7. The van der Waals surface area contributed by atoms with Gasteiger partial charge in [0.2, 0.25) is 0 Å². The predicted octanol–water partition coefficient (Wildman–Crippen LogP) is 13.3. The molecule has 81 heavy (non-hydrogen) atoms. The summed E-state index contributed by atoms with van der Waals surface area (Å²) in [5, 5.41) is 0. The minimum atomic E-state index is -5.66. The number of nitrogen functional groups attached to an aromatic ring is 2. The summed E-state index contributed by atoms with van der Waals surface area (Å²) in [6.07, 6.45) is -9.52. The van der Waals surface area contributed by atoms with Gasteiger partial charge < -0.3 is 39.9 Å². The van der Waals surface area contributed by atoms with Crippen LogP contribution in [0.5, 0.6) is 23.0 Å². The van der Waals surface area contributed by atoms with Gasteiger partial charge in [-0.05, 0) is 157 Å². The van der Waals surface area contributed by atoms with E-state index in [1.54, 1.807) is 72.8 Å². The summed E-state index contributed by atoms with van der Waals surface area (Å²) in [5.74, 6) is -12.1. The number of halogens is 10. The van der Waals surface area contributed by atoms with Crippen molar-refractivity contribution in [2.24, 2.45) is 5.41 Å². The Balaban J connectivity index is 1.04. The molecule has 0 fully saturated rings. The zero-order valence-corrected chi connectivity index (χ0v) is 42.8. The highest BCUT2D eigenvalue weighted by atomic mass is 19.4. The Kier molecular flexibility index (Phi) is 20.7. The summed E-state index contributed by atoms with van der Waals surface area (Å²) >= 11 is 0. The second-order valence-electron chi connectivity index (χ2n) is 18.5. The van der Waals surface area contributed by atoms with E-state index in [2.05, 4.69) is 0 Å². The third-order valence-corrected chi connectivity index (χ3v) is 12.0. The molecule has 0 bridgehead atoms. The first-order valence-electron chi connectivity index (χ1n) is 24.6. The fourth-order valence-electron chi connectivity index (χ4n) is 7.57. The van der Waals surface area contributed by atoms with Crippen LogP contribution in [0.1, 0.15) is 68.7 Å². The first kappa shape index (κ1) is 61.4. The summed E-state index contributed by atoms with van der Waals surface area (Å²) in [6, 6.07) is 36.8. The van der Waals surface area contributed by atoms with E-state index in [0.717, 1.165) is 11.1 Å². The Morgan fingerprint density at radius 1 is 0.420 bits per heavy atom. The molecule has 0 heterocycles. The van der Waals surface area contributed by atoms with Crippen LogP contribution in [-0.4, -0.2) is 74.5 Å². The topological polar surface area (TPSA) is 176 Å². The van der Waals surface area contributed by atoms with Crippen LogP contribution in [0.15, 0.2) is 158 Å². The quantitative estimate of drug-likeness (QED) is 0.0131. The lowest BCUT2D eigenvalue weighted by molar-refractivity contribution is -0.284. The van der Waals surface area contributed by atoms with Crippen molar-refractivity contribution in [1.82, 2.24) is 0 Å². The van der Waals surface area contributed by atoms with Crippen LogP contribution >= 0.6 is 0 Å². The monoisotopic (exact) mass is 1140 g/mol. The highest BCUT2D eigenvalue weighted by molar-refractivity contribution is 5.92. The van der Waals surface area contributed by atoms with E-state index in [1.807, 2.05) is 0 Å². The lowest BCUT2D eigenvalue weighted by Gasteiger charge is -2.33. The van der Waals surface area contributed by atoms with Crippen LogP contribution in [0.2, 0.25) is 0 Å². The van der Waals surface area contributed by atoms with Crippen LogP contribution in [0.4, 0.5) is 55.3 Å². The molecule has 6 rings (SSSR count). The van der Waals surface area contributed by atoms with Gasteiger partial charge in [0.25, 0.3) is 0 Å². The lowest BCUT2D eigenvalue weighted by Crippen LogP contribution is -2.38. The highest BCUT2D eigenvalue weighted by Crippen LogP contribution is 2.40. The van der Waals surface area contributed by atoms with E-state index >= 15 is 0 Å². The molecule has 4 N–H and O–H groups in total. The Bertz CT molecular complexity index is 2880. The number of ether oxygens (including phenoxy) is 6. The summed E-state index contributed by atoms with van der Waals surface area (Å²) in [6.45, 7) is -1.30. The van der Waals surface area contributed by atoms with Gasteiger partial charge in [0, 0.05) is 41.8 Å². The lowest BCUT2D eigenvalue weighted by atomic mass is 9.77. The second kappa shape index (κ2) is 27.4. The summed E-state index contributed by atoms with van der Waals surface area (Å²) < 4.78 is 160. The van der Waals surface area contributed by atoms with Gasteiger partial charge in [0.05, 0.1) is 24.3 Å². The fourth-order valence-corrected chi connectivity index (χ4v) is 7.57. The SMILES string of the molecule is Nc1ccc(CC(COC(=O)/C=C/c2ccc(OC(=O)c3ccc(OCCCC(F)(F)C(F)(F)F)cc3)cc2)(COC(=O)/C=C/c2ccc(OC(=O)c3ccc(OCCCC(F)(F)C(F)(F)F)cc3)cc2)Cc2ccc(N)cc2)cc1. The van der Waals surface area contributed by atoms with Crippen molar-refractivity contribution >= 4 is 47.4 Å². The van der Waals surface area contributed by atoms with E-state index in [9.17, 15) is 63.1 Å². The minimum Gasteiger partial charge on any atom is -0.494 e. The third kappa shape index (κ3) is 19.2. The molecule has 0 aliphatic rings. The van der Waals surface area contributed by atoms with Crippen molar-refractivity contribution in [3.63, 3.8) is 0 Å². The number of alkyl halides is 10. The Hall–Kier alpha value is -8.82. The zero-order valence-electron chi connectivity index (χ0n) is 42.8. The van der Waals surface area contributed by atoms with Gasteiger partial charge in [-0.15, -0.1) is 0 Å². The molecule has 6 aromatic carbocycles.